The van der Waals surface area contributed by atoms with Gasteiger partial charge in [-0.1, -0.05) is 0 Å². The van der Waals surface area contributed by atoms with Crippen LogP contribution in [-0.2, 0) is 9.59 Å². The SMILES string of the molecule is NC(CN1C(=O)C(=O)c2cc(F)ccc21)C(=O)O. The molecule has 0 bridgehead atoms. The van der Waals surface area contributed by atoms with Crippen LogP contribution in [0.25, 0.3) is 0 Å². The first-order valence-electron chi connectivity index (χ1n) is 5.06. The average Bonchev–Trinajstić information content (AvgIpc) is 2.54. The van der Waals surface area contributed by atoms with E-state index in [1.165, 1.54) is 6.07 Å². The maximum Gasteiger partial charge on any atom is 0.322 e. The summed E-state index contributed by atoms with van der Waals surface area (Å²) < 4.78 is 13.0. The number of carbonyl (C=O) groups excluding carboxylic acids is 2. The molecule has 18 heavy (non-hydrogen) atoms. The van der Waals surface area contributed by atoms with Gasteiger partial charge < -0.3 is 15.7 Å². The topological polar surface area (TPSA) is 101 Å². The number of amides is 1. The van der Waals surface area contributed by atoms with E-state index in [0.717, 1.165) is 17.0 Å². The number of benzene rings is 1. The Morgan fingerprint density at radius 1 is 1.44 bits per heavy atom. The van der Waals surface area contributed by atoms with Crippen molar-refractivity contribution >= 4 is 23.3 Å². The van der Waals surface area contributed by atoms with Crippen LogP contribution in [-0.4, -0.2) is 35.4 Å². The summed E-state index contributed by atoms with van der Waals surface area (Å²) >= 11 is 0. The predicted octanol–water partition coefficient (Wildman–Crippen LogP) is -0.233. The summed E-state index contributed by atoms with van der Waals surface area (Å²) in [5.41, 5.74) is 5.42. The fraction of sp³-hybridized carbons (Fsp3) is 0.182. The highest BCUT2D eigenvalue weighted by Crippen LogP contribution is 2.29. The Morgan fingerprint density at radius 3 is 2.72 bits per heavy atom. The van der Waals surface area contributed by atoms with Crippen molar-refractivity contribution in [2.75, 3.05) is 11.4 Å². The van der Waals surface area contributed by atoms with E-state index in [1.807, 2.05) is 0 Å². The molecule has 0 fully saturated rings. The summed E-state index contributed by atoms with van der Waals surface area (Å²) in [6, 6.07) is 1.98. The maximum atomic E-state index is 13.0. The normalized spacial score (nSPS) is 15.8. The molecule has 1 atom stereocenters. The lowest BCUT2D eigenvalue weighted by molar-refractivity contribution is -0.138. The Morgan fingerprint density at radius 2 is 2.11 bits per heavy atom. The molecule has 0 spiro atoms. The van der Waals surface area contributed by atoms with Crippen molar-refractivity contribution < 1.29 is 23.9 Å². The number of ketones is 1. The molecule has 0 saturated heterocycles. The van der Waals surface area contributed by atoms with Crippen LogP contribution < -0.4 is 10.6 Å². The van der Waals surface area contributed by atoms with Gasteiger partial charge >= 0.3 is 5.97 Å². The second-order valence-electron chi connectivity index (χ2n) is 3.85. The Labute approximate surface area is 101 Å². The number of Topliss-reactive ketones (excluding diaryl/α,β-unsaturated/α-hetero) is 1. The van der Waals surface area contributed by atoms with Gasteiger partial charge in [-0.25, -0.2) is 4.39 Å². The van der Waals surface area contributed by atoms with Crippen LogP contribution >= 0.6 is 0 Å². The molecule has 0 radical (unpaired) electrons. The minimum Gasteiger partial charge on any atom is -0.480 e. The molecule has 1 aliphatic rings. The highest BCUT2D eigenvalue weighted by Gasteiger charge is 2.37. The van der Waals surface area contributed by atoms with Gasteiger partial charge in [0, 0.05) is 0 Å². The first-order chi connectivity index (χ1) is 8.41. The zero-order chi connectivity index (χ0) is 13.4. The van der Waals surface area contributed by atoms with Crippen LogP contribution in [0.4, 0.5) is 10.1 Å². The van der Waals surface area contributed by atoms with E-state index in [0.29, 0.717) is 0 Å². The number of halogens is 1. The average molecular weight is 252 g/mol. The molecule has 1 aliphatic heterocycles. The fourth-order valence-corrected chi connectivity index (χ4v) is 1.73. The van der Waals surface area contributed by atoms with Crippen LogP contribution in [0.3, 0.4) is 0 Å². The number of nitrogens with zero attached hydrogens (tertiary/aromatic N) is 1. The summed E-state index contributed by atoms with van der Waals surface area (Å²) in [6.45, 7) is -0.335. The van der Waals surface area contributed by atoms with Crippen molar-refractivity contribution in [2.24, 2.45) is 5.73 Å². The van der Waals surface area contributed by atoms with Crippen molar-refractivity contribution in [3.63, 3.8) is 0 Å². The summed E-state index contributed by atoms with van der Waals surface area (Å²) in [6.07, 6.45) is 0. The summed E-state index contributed by atoms with van der Waals surface area (Å²) in [5, 5.41) is 8.68. The summed E-state index contributed by atoms with van der Waals surface area (Å²) in [7, 11) is 0. The van der Waals surface area contributed by atoms with Gasteiger partial charge in [0.25, 0.3) is 11.7 Å². The lowest BCUT2D eigenvalue weighted by Crippen LogP contribution is -2.44. The van der Waals surface area contributed by atoms with Crippen molar-refractivity contribution in [1.82, 2.24) is 0 Å². The van der Waals surface area contributed by atoms with Crippen LogP contribution in [0.5, 0.6) is 0 Å². The Bertz CT molecular complexity index is 558. The molecule has 1 aromatic carbocycles. The standard InChI is InChI=1S/C11H9FN2O4/c12-5-1-2-8-6(3-5)9(15)10(16)14(8)4-7(13)11(17)18/h1-3,7H,4,13H2,(H,17,18). The molecule has 1 aromatic rings. The van der Waals surface area contributed by atoms with Crippen molar-refractivity contribution in [3.05, 3.63) is 29.6 Å². The number of anilines is 1. The van der Waals surface area contributed by atoms with E-state index in [9.17, 15) is 18.8 Å². The van der Waals surface area contributed by atoms with E-state index in [4.69, 9.17) is 10.8 Å². The summed E-state index contributed by atoms with van der Waals surface area (Å²) in [4.78, 5) is 34.8. The minimum absolute atomic E-state index is 0.0717. The van der Waals surface area contributed by atoms with E-state index in [2.05, 4.69) is 0 Å². The second kappa shape index (κ2) is 4.19. The van der Waals surface area contributed by atoms with E-state index in [-0.39, 0.29) is 17.8 Å². The van der Waals surface area contributed by atoms with E-state index in [1.54, 1.807) is 0 Å². The van der Waals surface area contributed by atoms with Gasteiger partial charge in [-0.05, 0) is 18.2 Å². The third-order valence-corrected chi connectivity index (χ3v) is 2.63. The van der Waals surface area contributed by atoms with Gasteiger partial charge in [0.15, 0.2) is 0 Å². The quantitative estimate of drug-likeness (QED) is 0.723. The van der Waals surface area contributed by atoms with Crippen LogP contribution in [0.1, 0.15) is 10.4 Å². The Kier molecular flexibility index (Phi) is 2.84. The number of carboxylic acids is 1. The van der Waals surface area contributed by atoms with E-state index >= 15 is 0 Å². The molecular weight excluding hydrogens is 243 g/mol. The third kappa shape index (κ3) is 1.84. The third-order valence-electron chi connectivity index (χ3n) is 2.63. The molecule has 94 valence electrons. The van der Waals surface area contributed by atoms with Gasteiger partial charge in [-0.3, -0.25) is 14.4 Å². The van der Waals surface area contributed by atoms with Crippen LogP contribution in [0, 0.1) is 5.82 Å². The molecule has 0 aromatic heterocycles. The van der Waals surface area contributed by atoms with Gasteiger partial charge in [-0.2, -0.15) is 0 Å². The smallest absolute Gasteiger partial charge is 0.322 e. The predicted molar refractivity (Wildman–Crippen MR) is 58.7 cm³/mol. The number of nitrogens with two attached hydrogens (primary N) is 1. The lowest BCUT2D eigenvalue weighted by atomic mass is 10.1. The molecule has 1 heterocycles. The molecule has 1 unspecified atom stereocenters. The summed E-state index contributed by atoms with van der Waals surface area (Å²) in [5.74, 6) is -3.68. The van der Waals surface area contributed by atoms with Gasteiger partial charge in [0.1, 0.15) is 11.9 Å². The van der Waals surface area contributed by atoms with Crippen molar-refractivity contribution in [2.45, 2.75) is 6.04 Å². The van der Waals surface area contributed by atoms with Gasteiger partial charge in [0.05, 0.1) is 17.8 Å². The fourth-order valence-electron chi connectivity index (χ4n) is 1.73. The Balaban J connectivity index is 2.37. The first kappa shape index (κ1) is 12.2. The number of rotatable bonds is 3. The Hall–Kier alpha value is -2.28. The number of aliphatic carboxylic acids is 1. The van der Waals surface area contributed by atoms with E-state index < -0.39 is 29.5 Å². The number of hydrogen-bond acceptors (Lipinski definition) is 4. The van der Waals surface area contributed by atoms with Crippen molar-refractivity contribution in [3.8, 4) is 0 Å². The largest absolute Gasteiger partial charge is 0.480 e. The van der Waals surface area contributed by atoms with Gasteiger partial charge in [0.2, 0.25) is 0 Å². The molecular formula is C11H9FN2O4. The minimum atomic E-state index is -1.31. The van der Waals surface area contributed by atoms with Crippen LogP contribution in [0.15, 0.2) is 18.2 Å². The zero-order valence-corrected chi connectivity index (χ0v) is 9.09. The zero-order valence-electron chi connectivity index (χ0n) is 9.09. The first-order valence-corrected chi connectivity index (χ1v) is 5.06. The molecule has 0 saturated carbocycles. The molecule has 6 nitrogen and oxygen atoms in total. The highest BCUT2D eigenvalue weighted by atomic mass is 19.1. The lowest BCUT2D eigenvalue weighted by Gasteiger charge is -2.18. The number of carboxylic acid groups (broad SMARTS) is 1. The molecule has 2 rings (SSSR count). The van der Waals surface area contributed by atoms with Crippen LogP contribution in [0.2, 0.25) is 0 Å². The number of carbonyl (C=O) groups is 3. The molecule has 3 N–H and O–H groups in total. The second-order valence-corrected chi connectivity index (χ2v) is 3.85. The maximum absolute atomic E-state index is 13.0. The molecule has 1 amide bonds. The number of hydrogen-bond donors (Lipinski definition) is 2. The monoisotopic (exact) mass is 252 g/mol. The molecule has 7 heteroatoms. The van der Waals surface area contributed by atoms with Crippen molar-refractivity contribution in [1.29, 1.82) is 0 Å². The molecule has 0 aliphatic carbocycles. The number of fused-ring (bicyclic) bond motifs is 1. The highest BCUT2D eigenvalue weighted by molar-refractivity contribution is 6.52. The van der Waals surface area contributed by atoms with Gasteiger partial charge in [-0.15, -0.1) is 0 Å².